The third kappa shape index (κ3) is 4.20. The van der Waals surface area contributed by atoms with E-state index >= 15 is 0 Å². The highest BCUT2D eigenvalue weighted by Crippen LogP contribution is 2.16. The van der Waals surface area contributed by atoms with Crippen molar-refractivity contribution in [1.82, 2.24) is 20.0 Å². The smallest absolute Gasteiger partial charge is 0.256 e. The van der Waals surface area contributed by atoms with E-state index in [1.807, 2.05) is 41.2 Å². The van der Waals surface area contributed by atoms with Gasteiger partial charge >= 0.3 is 0 Å². The van der Waals surface area contributed by atoms with Crippen molar-refractivity contribution < 1.29 is 13.2 Å². The fourth-order valence-electron chi connectivity index (χ4n) is 2.97. The number of sulfonamides is 1. The first-order valence-electron chi connectivity index (χ1n) is 8.81. The molecular formula is C19H19N5O3S. The molecule has 0 bridgehead atoms. The van der Waals surface area contributed by atoms with Gasteiger partial charge in [0, 0.05) is 31.0 Å². The molecule has 9 heteroatoms. The lowest BCUT2D eigenvalue weighted by Crippen LogP contribution is -2.38. The van der Waals surface area contributed by atoms with E-state index in [1.54, 1.807) is 29.4 Å². The number of hydrogen-bond donors (Lipinski definition) is 1. The van der Waals surface area contributed by atoms with Gasteiger partial charge in [-0.1, -0.05) is 30.3 Å². The van der Waals surface area contributed by atoms with Crippen LogP contribution in [0.2, 0.25) is 0 Å². The minimum atomic E-state index is -3.40. The van der Waals surface area contributed by atoms with E-state index in [0.29, 0.717) is 24.5 Å². The first kappa shape index (κ1) is 18.2. The second-order valence-corrected chi connectivity index (χ2v) is 8.32. The van der Waals surface area contributed by atoms with Crippen LogP contribution in [0, 0.1) is 0 Å². The molecule has 1 aromatic heterocycles. The first-order chi connectivity index (χ1) is 13.5. The van der Waals surface area contributed by atoms with Gasteiger partial charge in [0.05, 0.1) is 24.1 Å². The van der Waals surface area contributed by atoms with E-state index in [0.717, 1.165) is 11.1 Å². The van der Waals surface area contributed by atoms with E-state index in [4.69, 9.17) is 0 Å². The van der Waals surface area contributed by atoms with Crippen LogP contribution in [0.4, 0.5) is 0 Å². The van der Waals surface area contributed by atoms with Gasteiger partial charge in [-0.15, -0.1) is 4.40 Å². The number of fused-ring (bicyclic) bond motifs is 1. The van der Waals surface area contributed by atoms with Crippen molar-refractivity contribution in [1.29, 1.82) is 0 Å². The van der Waals surface area contributed by atoms with E-state index in [1.165, 1.54) is 0 Å². The zero-order valence-electron chi connectivity index (χ0n) is 15.0. The van der Waals surface area contributed by atoms with Crippen LogP contribution in [0.1, 0.15) is 11.1 Å². The van der Waals surface area contributed by atoms with Crippen LogP contribution >= 0.6 is 0 Å². The third-order valence-electron chi connectivity index (χ3n) is 4.41. The molecule has 3 heterocycles. The van der Waals surface area contributed by atoms with Crippen molar-refractivity contribution in [2.24, 2.45) is 4.40 Å². The summed E-state index contributed by atoms with van der Waals surface area (Å²) in [6.45, 7) is 1.31. The zero-order valence-corrected chi connectivity index (χ0v) is 15.8. The van der Waals surface area contributed by atoms with Gasteiger partial charge < -0.3 is 10.2 Å². The zero-order chi connectivity index (χ0) is 19.6. The number of amidine groups is 1. The Labute approximate surface area is 162 Å². The van der Waals surface area contributed by atoms with Crippen molar-refractivity contribution in [3.63, 3.8) is 0 Å². The lowest BCUT2D eigenvalue weighted by atomic mass is 10.1. The summed E-state index contributed by atoms with van der Waals surface area (Å²) in [6.07, 6.45) is 8.38. The maximum atomic E-state index is 12.4. The molecule has 8 nitrogen and oxygen atoms in total. The molecule has 0 fully saturated rings. The fourth-order valence-corrected chi connectivity index (χ4v) is 3.94. The van der Waals surface area contributed by atoms with Crippen LogP contribution < -0.4 is 5.32 Å². The number of nitrogens with zero attached hydrogens (tertiary/aromatic N) is 4. The Morgan fingerprint density at radius 2 is 1.96 bits per heavy atom. The maximum Gasteiger partial charge on any atom is 0.256 e. The predicted octanol–water partition coefficient (Wildman–Crippen LogP) is 1.05. The summed E-state index contributed by atoms with van der Waals surface area (Å²) < 4.78 is 28.6. The fraction of sp³-hybridized carbons (Fsp3) is 0.211. The van der Waals surface area contributed by atoms with Gasteiger partial charge in [-0.3, -0.25) is 9.48 Å². The summed E-state index contributed by atoms with van der Waals surface area (Å²) in [5.74, 6) is 0.0422. The summed E-state index contributed by atoms with van der Waals surface area (Å²) >= 11 is 0. The maximum absolute atomic E-state index is 12.4. The Bertz CT molecular complexity index is 1080. The molecule has 0 saturated carbocycles. The average Bonchev–Trinajstić information content (AvgIpc) is 3.13. The molecule has 0 unspecified atom stereocenters. The highest BCUT2D eigenvalue weighted by molar-refractivity contribution is 7.90. The number of carbonyl (C=O) groups is 1. The number of rotatable bonds is 5. The molecule has 4 rings (SSSR count). The monoisotopic (exact) mass is 397 g/mol. The van der Waals surface area contributed by atoms with Gasteiger partial charge in [0.25, 0.3) is 15.9 Å². The number of nitrogens with one attached hydrogen (secondary N) is 1. The normalized spacial score (nSPS) is 17.5. The first-order valence-corrected chi connectivity index (χ1v) is 10.4. The van der Waals surface area contributed by atoms with Gasteiger partial charge in [0.15, 0.2) is 0 Å². The summed E-state index contributed by atoms with van der Waals surface area (Å²) in [6, 6.07) is 10.0. The Morgan fingerprint density at radius 1 is 1.14 bits per heavy atom. The van der Waals surface area contributed by atoms with Crippen LogP contribution in [0.3, 0.4) is 0 Å². The molecule has 28 heavy (non-hydrogen) atoms. The van der Waals surface area contributed by atoms with Crippen LogP contribution in [0.15, 0.2) is 71.0 Å². The number of benzene rings is 1. The third-order valence-corrected chi connectivity index (χ3v) is 5.58. The lowest BCUT2D eigenvalue weighted by molar-refractivity contribution is -0.117. The minimum Gasteiger partial charge on any atom is -0.348 e. The molecule has 2 aromatic rings. The Morgan fingerprint density at radius 3 is 2.79 bits per heavy atom. The Kier molecular flexibility index (Phi) is 4.82. The van der Waals surface area contributed by atoms with Gasteiger partial charge in [-0.2, -0.15) is 5.10 Å². The molecule has 1 N–H and O–H groups in total. The predicted molar refractivity (Wildman–Crippen MR) is 105 cm³/mol. The topological polar surface area (TPSA) is 96.7 Å². The average molecular weight is 397 g/mol. The SMILES string of the molecule is O=C(NCc1cnn(Cc2ccccc2)c1)C1=CN2CCS(=O)(=O)N=C2C=C1. The van der Waals surface area contributed by atoms with Crippen molar-refractivity contribution in [2.45, 2.75) is 13.1 Å². The molecule has 1 amide bonds. The molecule has 1 aromatic carbocycles. The van der Waals surface area contributed by atoms with Gasteiger partial charge in [-0.25, -0.2) is 8.42 Å². The van der Waals surface area contributed by atoms with E-state index in [-0.39, 0.29) is 18.2 Å². The van der Waals surface area contributed by atoms with Gasteiger partial charge in [-0.05, 0) is 17.7 Å². The largest absolute Gasteiger partial charge is 0.348 e. The highest BCUT2D eigenvalue weighted by atomic mass is 32.2. The van der Waals surface area contributed by atoms with Crippen LogP contribution in [-0.4, -0.2) is 47.1 Å². The molecular weight excluding hydrogens is 378 g/mol. The summed E-state index contributed by atoms with van der Waals surface area (Å²) in [5.41, 5.74) is 2.51. The quantitative estimate of drug-likeness (QED) is 0.813. The summed E-state index contributed by atoms with van der Waals surface area (Å²) in [5, 5.41) is 7.19. The molecule has 0 atom stereocenters. The Hall–Kier alpha value is -3.20. The van der Waals surface area contributed by atoms with Gasteiger partial charge in [0.1, 0.15) is 5.84 Å². The van der Waals surface area contributed by atoms with E-state index in [9.17, 15) is 13.2 Å². The van der Waals surface area contributed by atoms with Gasteiger partial charge in [0.2, 0.25) is 0 Å². The molecule has 2 aliphatic heterocycles. The Balaban J connectivity index is 1.35. The molecule has 0 aliphatic carbocycles. The molecule has 0 radical (unpaired) electrons. The van der Waals surface area contributed by atoms with Crippen molar-refractivity contribution in [2.75, 3.05) is 12.3 Å². The standard InChI is InChI=1S/C19H19N5O3S/c25-19(17-6-7-18-22-28(26,27)9-8-23(18)14-17)20-10-16-11-21-24(13-16)12-15-4-2-1-3-5-15/h1-7,11,13-14H,8-10,12H2,(H,20,25). The number of hydrogen-bond acceptors (Lipinski definition) is 5. The minimum absolute atomic E-state index is 0.0592. The van der Waals surface area contributed by atoms with Crippen molar-refractivity contribution in [3.8, 4) is 0 Å². The molecule has 0 saturated heterocycles. The number of amides is 1. The number of aromatic nitrogens is 2. The number of carbonyl (C=O) groups excluding carboxylic acids is 1. The van der Waals surface area contributed by atoms with Crippen LogP contribution in [-0.2, 0) is 27.9 Å². The van der Waals surface area contributed by atoms with Crippen molar-refractivity contribution >= 4 is 21.8 Å². The van der Waals surface area contributed by atoms with Crippen molar-refractivity contribution in [3.05, 3.63) is 77.8 Å². The molecule has 144 valence electrons. The second kappa shape index (κ2) is 7.43. The highest BCUT2D eigenvalue weighted by Gasteiger charge is 2.24. The summed E-state index contributed by atoms with van der Waals surface area (Å²) in [4.78, 5) is 14.1. The molecule has 2 aliphatic rings. The van der Waals surface area contributed by atoms with E-state index in [2.05, 4.69) is 14.8 Å². The summed E-state index contributed by atoms with van der Waals surface area (Å²) in [7, 11) is -3.40. The second-order valence-electron chi connectivity index (χ2n) is 6.56. The van der Waals surface area contributed by atoms with Crippen LogP contribution in [0.25, 0.3) is 0 Å². The van der Waals surface area contributed by atoms with E-state index < -0.39 is 10.0 Å². The van der Waals surface area contributed by atoms with Crippen LogP contribution in [0.5, 0.6) is 0 Å². The lowest BCUT2D eigenvalue weighted by Gasteiger charge is -2.26. The molecule has 0 spiro atoms.